The Labute approximate surface area is 124 Å². The Balaban J connectivity index is 4.48. The zero-order valence-corrected chi connectivity index (χ0v) is 14.0. The minimum atomic E-state index is -0.745. The van der Waals surface area contributed by atoms with E-state index in [2.05, 4.69) is 37.9 Å². The number of nitrogens with one attached hydrogen (secondary N) is 1. The lowest BCUT2D eigenvalue weighted by Gasteiger charge is -2.32. The van der Waals surface area contributed by atoms with Gasteiger partial charge in [0, 0.05) is 6.04 Å². The van der Waals surface area contributed by atoms with Crippen LogP contribution in [0.15, 0.2) is 0 Å². The molecule has 0 fully saturated rings. The molecule has 1 unspecified atom stereocenters. The smallest absolute Gasteiger partial charge is 0.323 e. The molecule has 0 aliphatic heterocycles. The molecule has 0 aromatic carbocycles. The van der Waals surface area contributed by atoms with Crippen LogP contribution < -0.4 is 5.32 Å². The summed E-state index contributed by atoms with van der Waals surface area (Å²) in [6.07, 6.45) is 4.37. The second kappa shape index (κ2) is 10.2. The number of carboxylic acid groups (broad SMARTS) is 1. The van der Waals surface area contributed by atoms with Crippen molar-refractivity contribution >= 4 is 5.97 Å². The van der Waals surface area contributed by atoms with Crippen LogP contribution in [0.5, 0.6) is 0 Å². The van der Waals surface area contributed by atoms with E-state index >= 15 is 0 Å². The third-order valence-corrected chi connectivity index (χ3v) is 4.02. The summed E-state index contributed by atoms with van der Waals surface area (Å²) < 4.78 is 0. The Morgan fingerprint density at radius 1 is 1.20 bits per heavy atom. The maximum Gasteiger partial charge on any atom is 0.323 e. The zero-order chi connectivity index (χ0) is 15.6. The van der Waals surface area contributed by atoms with Crippen LogP contribution in [0.4, 0.5) is 0 Å². The van der Waals surface area contributed by atoms with Gasteiger partial charge in [0.25, 0.3) is 0 Å². The lowest BCUT2D eigenvalue weighted by molar-refractivity contribution is -0.145. The minimum absolute atomic E-state index is 0.527. The number of carbonyl (C=O) groups is 1. The molecule has 0 aromatic rings. The summed E-state index contributed by atoms with van der Waals surface area (Å²) in [6, 6.07) is 0.527. The molecule has 1 atom stereocenters. The lowest BCUT2D eigenvalue weighted by Crippen LogP contribution is -2.52. The van der Waals surface area contributed by atoms with Crippen LogP contribution in [0.3, 0.4) is 0 Å². The van der Waals surface area contributed by atoms with Crippen molar-refractivity contribution in [3.8, 4) is 0 Å². The van der Waals surface area contributed by atoms with Gasteiger partial charge in [0.2, 0.25) is 0 Å². The average molecular weight is 286 g/mol. The zero-order valence-electron chi connectivity index (χ0n) is 14.0. The summed E-state index contributed by atoms with van der Waals surface area (Å²) in [7, 11) is 0. The van der Waals surface area contributed by atoms with Gasteiger partial charge in [-0.25, -0.2) is 0 Å². The molecule has 120 valence electrons. The van der Waals surface area contributed by atoms with Crippen LogP contribution >= 0.6 is 0 Å². The van der Waals surface area contributed by atoms with Crippen LogP contribution in [-0.4, -0.2) is 47.2 Å². The van der Waals surface area contributed by atoms with Gasteiger partial charge in [-0.15, -0.1) is 0 Å². The number of rotatable bonds is 12. The molecule has 0 amide bonds. The van der Waals surface area contributed by atoms with Crippen LogP contribution in [0.1, 0.15) is 66.7 Å². The molecule has 4 nitrogen and oxygen atoms in total. The third kappa shape index (κ3) is 6.23. The van der Waals surface area contributed by atoms with Crippen LogP contribution in [0.25, 0.3) is 0 Å². The van der Waals surface area contributed by atoms with Crippen LogP contribution in [0.2, 0.25) is 0 Å². The lowest BCUT2D eigenvalue weighted by atomic mass is 9.90. The summed E-state index contributed by atoms with van der Waals surface area (Å²) in [5.74, 6) is -0.708. The normalized spacial score (nSPS) is 14.8. The molecule has 0 saturated heterocycles. The second-order valence-electron chi connectivity index (χ2n) is 5.90. The Hall–Kier alpha value is -0.610. The molecule has 0 saturated carbocycles. The fourth-order valence-corrected chi connectivity index (χ4v) is 2.59. The predicted octanol–water partition coefficient (Wildman–Crippen LogP) is 3.12. The molecular formula is C16H34N2O2. The highest BCUT2D eigenvalue weighted by Gasteiger charge is 2.35. The Morgan fingerprint density at radius 3 is 2.25 bits per heavy atom. The van der Waals surface area contributed by atoms with Gasteiger partial charge in [0.1, 0.15) is 5.54 Å². The van der Waals surface area contributed by atoms with Crippen molar-refractivity contribution in [1.29, 1.82) is 0 Å². The van der Waals surface area contributed by atoms with E-state index in [9.17, 15) is 9.90 Å². The van der Waals surface area contributed by atoms with Crippen molar-refractivity contribution in [2.24, 2.45) is 0 Å². The van der Waals surface area contributed by atoms with Gasteiger partial charge in [-0.05, 0) is 65.6 Å². The number of nitrogens with zero attached hydrogens (tertiary/aromatic N) is 1. The van der Waals surface area contributed by atoms with E-state index < -0.39 is 11.5 Å². The molecule has 0 aliphatic rings. The molecule has 0 radical (unpaired) electrons. The standard InChI is InChI=1S/C16H34N2O2/c1-6-11-17-16(8-3,15(19)20)10-9-13-18(12-7-2)14(4)5/h14,17H,6-13H2,1-5H3,(H,19,20). The Bertz CT molecular complexity index is 269. The van der Waals surface area contributed by atoms with E-state index in [4.69, 9.17) is 0 Å². The topological polar surface area (TPSA) is 52.6 Å². The number of aliphatic carboxylic acids is 1. The van der Waals surface area contributed by atoms with Gasteiger partial charge < -0.3 is 15.3 Å². The molecule has 0 bridgehead atoms. The predicted molar refractivity (Wildman–Crippen MR) is 85.2 cm³/mol. The largest absolute Gasteiger partial charge is 0.480 e. The molecule has 0 aliphatic carbocycles. The van der Waals surface area contributed by atoms with Crippen molar-refractivity contribution in [3.63, 3.8) is 0 Å². The fourth-order valence-electron chi connectivity index (χ4n) is 2.59. The average Bonchev–Trinajstić information content (AvgIpc) is 2.41. The highest BCUT2D eigenvalue weighted by Crippen LogP contribution is 2.19. The first kappa shape index (κ1) is 19.4. The molecular weight excluding hydrogens is 252 g/mol. The van der Waals surface area contributed by atoms with E-state index in [1.807, 2.05) is 6.92 Å². The number of hydrogen-bond donors (Lipinski definition) is 2. The van der Waals surface area contributed by atoms with Gasteiger partial charge in [-0.3, -0.25) is 4.79 Å². The molecule has 20 heavy (non-hydrogen) atoms. The highest BCUT2D eigenvalue weighted by molar-refractivity contribution is 5.78. The quantitative estimate of drug-likeness (QED) is 0.579. The second-order valence-corrected chi connectivity index (χ2v) is 5.90. The Kier molecular flexibility index (Phi) is 9.86. The Morgan fingerprint density at radius 2 is 1.85 bits per heavy atom. The number of hydrogen-bond acceptors (Lipinski definition) is 3. The summed E-state index contributed by atoms with van der Waals surface area (Å²) >= 11 is 0. The molecule has 2 N–H and O–H groups in total. The maximum atomic E-state index is 11.6. The molecule has 4 heteroatoms. The fraction of sp³-hybridized carbons (Fsp3) is 0.938. The van der Waals surface area contributed by atoms with Crippen molar-refractivity contribution < 1.29 is 9.90 Å². The van der Waals surface area contributed by atoms with Crippen LogP contribution in [-0.2, 0) is 4.79 Å². The summed E-state index contributed by atoms with van der Waals surface area (Å²) in [4.78, 5) is 14.1. The first-order valence-electron chi connectivity index (χ1n) is 8.16. The maximum absolute atomic E-state index is 11.6. The molecule has 0 heterocycles. The van der Waals surface area contributed by atoms with E-state index in [0.717, 1.165) is 38.9 Å². The summed E-state index contributed by atoms with van der Waals surface area (Å²) in [5.41, 5.74) is -0.745. The van der Waals surface area contributed by atoms with E-state index in [1.54, 1.807) is 0 Å². The molecule has 0 spiro atoms. The van der Waals surface area contributed by atoms with Crippen molar-refractivity contribution in [2.45, 2.75) is 78.3 Å². The molecule has 0 rings (SSSR count). The minimum Gasteiger partial charge on any atom is -0.480 e. The first-order chi connectivity index (χ1) is 9.43. The van der Waals surface area contributed by atoms with E-state index in [0.29, 0.717) is 18.9 Å². The van der Waals surface area contributed by atoms with Gasteiger partial charge in [-0.2, -0.15) is 0 Å². The van der Waals surface area contributed by atoms with Gasteiger partial charge >= 0.3 is 5.97 Å². The van der Waals surface area contributed by atoms with Crippen LogP contribution in [0, 0.1) is 0 Å². The molecule has 0 aromatic heterocycles. The summed E-state index contributed by atoms with van der Waals surface area (Å²) in [5, 5.41) is 12.8. The SMILES string of the molecule is CCCNC(CC)(CCCN(CCC)C(C)C)C(=O)O. The first-order valence-corrected chi connectivity index (χ1v) is 8.16. The monoisotopic (exact) mass is 286 g/mol. The summed E-state index contributed by atoms with van der Waals surface area (Å²) in [6.45, 7) is 13.5. The van der Waals surface area contributed by atoms with Gasteiger partial charge in [0.15, 0.2) is 0 Å². The number of carboxylic acids is 1. The van der Waals surface area contributed by atoms with Gasteiger partial charge in [-0.1, -0.05) is 20.8 Å². The van der Waals surface area contributed by atoms with E-state index in [-0.39, 0.29) is 0 Å². The van der Waals surface area contributed by atoms with Crippen molar-refractivity contribution in [3.05, 3.63) is 0 Å². The third-order valence-electron chi connectivity index (χ3n) is 4.02. The van der Waals surface area contributed by atoms with E-state index in [1.165, 1.54) is 0 Å². The highest BCUT2D eigenvalue weighted by atomic mass is 16.4. The van der Waals surface area contributed by atoms with Gasteiger partial charge in [0.05, 0.1) is 0 Å². The van der Waals surface area contributed by atoms with Crippen molar-refractivity contribution in [1.82, 2.24) is 10.2 Å². The van der Waals surface area contributed by atoms with Crippen molar-refractivity contribution in [2.75, 3.05) is 19.6 Å².